The van der Waals surface area contributed by atoms with Gasteiger partial charge in [0.05, 0.1) is 28.2 Å². The standard InChI is InChI=1S/C21H16ClF3N2O5S/c1-31-19-16(22)6-3-7-17(19)32-18-10-12(21(23,24)25)8-9-15(18)20(28)27-13-4-2-5-14(11-13)33(26,29)30/h2-11H,1H3,(H,27,28)(H2,26,29,30). The monoisotopic (exact) mass is 500 g/mol. The highest BCUT2D eigenvalue weighted by molar-refractivity contribution is 7.89. The molecule has 33 heavy (non-hydrogen) atoms. The smallest absolute Gasteiger partial charge is 0.416 e. The molecule has 3 aromatic carbocycles. The van der Waals surface area contributed by atoms with Crippen molar-refractivity contribution in [1.29, 1.82) is 0 Å². The lowest BCUT2D eigenvalue weighted by Crippen LogP contribution is -2.16. The Morgan fingerprint density at radius 2 is 1.73 bits per heavy atom. The van der Waals surface area contributed by atoms with Crippen molar-refractivity contribution >= 4 is 33.2 Å². The van der Waals surface area contributed by atoms with Crippen molar-refractivity contribution < 1.29 is 35.9 Å². The van der Waals surface area contributed by atoms with E-state index in [0.29, 0.717) is 6.07 Å². The molecule has 174 valence electrons. The molecule has 7 nitrogen and oxygen atoms in total. The van der Waals surface area contributed by atoms with Crippen LogP contribution >= 0.6 is 11.6 Å². The molecule has 0 saturated heterocycles. The molecule has 0 heterocycles. The molecule has 0 aliphatic rings. The summed E-state index contributed by atoms with van der Waals surface area (Å²) < 4.78 is 73.6. The molecule has 0 aliphatic heterocycles. The van der Waals surface area contributed by atoms with Crippen molar-refractivity contribution in [3.05, 3.63) is 76.8 Å². The summed E-state index contributed by atoms with van der Waals surface area (Å²) in [5.41, 5.74) is -1.25. The Hall–Kier alpha value is -3.28. The molecule has 3 N–H and O–H groups in total. The molecule has 0 saturated carbocycles. The van der Waals surface area contributed by atoms with E-state index in [1.165, 1.54) is 43.5 Å². The van der Waals surface area contributed by atoms with E-state index in [2.05, 4.69) is 5.32 Å². The number of methoxy groups -OCH3 is 1. The number of sulfonamides is 1. The number of anilines is 1. The number of nitrogens with one attached hydrogen (secondary N) is 1. The lowest BCUT2D eigenvalue weighted by atomic mass is 10.1. The second-order valence-corrected chi connectivity index (χ2v) is 8.58. The number of amides is 1. The molecule has 0 spiro atoms. The molecule has 1 amide bonds. The minimum absolute atomic E-state index is 0.0189. The van der Waals surface area contributed by atoms with Crippen LogP contribution in [0.1, 0.15) is 15.9 Å². The van der Waals surface area contributed by atoms with Gasteiger partial charge in [-0.3, -0.25) is 4.79 Å². The number of nitrogens with two attached hydrogens (primary N) is 1. The molecule has 0 unspecified atom stereocenters. The fraction of sp³-hybridized carbons (Fsp3) is 0.0952. The van der Waals surface area contributed by atoms with Crippen LogP contribution in [-0.2, 0) is 16.2 Å². The predicted octanol–water partition coefficient (Wildman–Crippen LogP) is 5.06. The molecule has 0 aliphatic carbocycles. The number of primary sulfonamides is 1. The number of para-hydroxylation sites is 1. The number of carbonyl (C=O) groups excluding carboxylic acids is 1. The third-order valence-corrected chi connectivity index (χ3v) is 5.54. The first-order chi connectivity index (χ1) is 15.4. The zero-order valence-corrected chi connectivity index (χ0v) is 18.4. The minimum Gasteiger partial charge on any atom is -0.491 e. The van der Waals surface area contributed by atoms with Gasteiger partial charge in [0, 0.05) is 5.69 Å². The van der Waals surface area contributed by atoms with Crippen LogP contribution < -0.4 is 19.9 Å². The van der Waals surface area contributed by atoms with Crippen LogP contribution in [0.5, 0.6) is 17.2 Å². The first kappa shape index (κ1) is 24.4. The summed E-state index contributed by atoms with van der Waals surface area (Å²) in [6.45, 7) is 0. The van der Waals surface area contributed by atoms with Gasteiger partial charge in [-0.25, -0.2) is 13.6 Å². The highest BCUT2D eigenvalue weighted by Gasteiger charge is 2.32. The zero-order chi connectivity index (χ0) is 24.4. The molecule has 3 aromatic rings. The summed E-state index contributed by atoms with van der Waals surface area (Å²) in [7, 11) is -2.74. The first-order valence-corrected chi connectivity index (χ1v) is 11.0. The normalized spacial score (nSPS) is 11.7. The third kappa shape index (κ3) is 5.75. The van der Waals surface area contributed by atoms with Gasteiger partial charge in [0.25, 0.3) is 5.91 Å². The number of benzene rings is 3. The Labute approximate surface area is 191 Å². The third-order valence-electron chi connectivity index (χ3n) is 4.33. The fourth-order valence-corrected chi connectivity index (χ4v) is 3.61. The van der Waals surface area contributed by atoms with Gasteiger partial charge in [-0.05, 0) is 48.5 Å². The van der Waals surface area contributed by atoms with Crippen molar-refractivity contribution in [3.8, 4) is 17.2 Å². The van der Waals surface area contributed by atoms with E-state index in [-0.39, 0.29) is 32.7 Å². The molecule has 0 atom stereocenters. The Balaban J connectivity index is 2.03. The summed E-state index contributed by atoms with van der Waals surface area (Å²) in [5, 5.41) is 7.65. The van der Waals surface area contributed by atoms with Crippen LogP contribution in [0, 0.1) is 0 Å². The molecule has 0 radical (unpaired) electrons. The predicted molar refractivity (Wildman–Crippen MR) is 115 cm³/mol. The number of halogens is 4. The van der Waals surface area contributed by atoms with Gasteiger partial charge in [0.2, 0.25) is 10.0 Å². The lowest BCUT2D eigenvalue weighted by molar-refractivity contribution is -0.137. The fourth-order valence-electron chi connectivity index (χ4n) is 2.81. The number of rotatable bonds is 6. The van der Waals surface area contributed by atoms with Gasteiger partial charge in [0.15, 0.2) is 11.5 Å². The van der Waals surface area contributed by atoms with Crippen molar-refractivity contribution in [2.24, 2.45) is 5.14 Å². The average Bonchev–Trinajstić information content (AvgIpc) is 2.73. The van der Waals surface area contributed by atoms with Crippen LogP contribution in [0.15, 0.2) is 65.6 Å². The Morgan fingerprint density at radius 1 is 1.03 bits per heavy atom. The maximum Gasteiger partial charge on any atom is 0.416 e. The van der Waals surface area contributed by atoms with Gasteiger partial charge < -0.3 is 14.8 Å². The number of hydrogen-bond donors (Lipinski definition) is 2. The van der Waals surface area contributed by atoms with E-state index in [4.69, 9.17) is 26.2 Å². The Bertz CT molecular complexity index is 1310. The quantitative estimate of drug-likeness (QED) is 0.492. The number of hydrogen-bond acceptors (Lipinski definition) is 5. The van der Waals surface area contributed by atoms with Crippen molar-refractivity contribution in [3.63, 3.8) is 0 Å². The van der Waals surface area contributed by atoms with Gasteiger partial charge in [-0.15, -0.1) is 0 Å². The number of ether oxygens (including phenoxy) is 2. The Kier molecular flexibility index (Phi) is 6.86. The summed E-state index contributed by atoms with van der Waals surface area (Å²) in [6.07, 6.45) is -4.70. The molecule has 0 fully saturated rings. The number of alkyl halides is 3. The first-order valence-electron chi connectivity index (χ1n) is 9.06. The van der Waals surface area contributed by atoms with Crippen LogP contribution in [0.25, 0.3) is 0 Å². The van der Waals surface area contributed by atoms with Crippen molar-refractivity contribution in [2.45, 2.75) is 11.1 Å². The van der Waals surface area contributed by atoms with Gasteiger partial charge in [-0.1, -0.05) is 23.7 Å². The van der Waals surface area contributed by atoms with E-state index in [1.807, 2.05) is 0 Å². The second-order valence-electron chi connectivity index (χ2n) is 6.61. The Morgan fingerprint density at radius 3 is 2.36 bits per heavy atom. The zero-order valence-electron chi connectivity index (χ0n) is 16.8. The SMILES string of the molecule is COc1c(Cl)cccc1Oc1cc(C(F)(F)F)ccc1C(=O)Nc1cccc(S(N)(=O)=O)c1. The van der Waals surface area contributed by atoms with Gasteiger partial charge in [0.1, 0.15) is 5.75 Å². The maximum atomic E-state index is 13.3. The second kappa shape index (κ2) is 9.30. The lowest BCUT2D eigenvalue weighted by Gasteiger charge is -2.16. The van der Waals surface area contributed by atoms with Crippen molar-refractivity contribution in [2.75, 3.05) is 12.4 Å². The van der Waals surface area contributed by atoms with Crippen LogP contribution in [0.3, 0.4) is 0 Å². The minimum atomic E-state index is -4.70. The van der Waals surface area contributed by atoms with E-state index in [9.17, 15) is 26.4 Å². The maximum absolute atomic E-state index is 13.3. The van der Waals surface area contributed by atoms with Gasteiger partial charge in [-0.2, -0.15) is 13.2 Å². The van der Waals surface area contributed by atoms with E-state index < -0.39 is 33.4 Å². The van der Waals surface area contributed by atoms with Crippen molar-refractivity contribution in [1.82, 2.24) is 0 Å². The van der Waals surface area contributed by atoms with Crippen LogP contribution in [0.4, 0.5) is 18.9 Å². The van der Waals surface area contributed by atoms with Crippen LogP contribution in [0.2, 0.25) is 5.02 Å². The van der Waals surface area contributed by atoms with E-state index >= 15 is 0 Å². The van der Waals surface area contributed by atoms with Crippen LogP contribution in [-0.4, -0.2) is 21.4 Å². The van der Waals surface area contributed by atoms with Gasteiger partial charge >= 0.3 is 6.18 Å². The summed E-state index contributed by atoms with van der Waals surface area (Å²) in [5.74, 6) is -1.24. The van der Waals surface area contributed by atoms with E-state index in [1.54, 1.807) is 0 Å². The average molecular weight is 501 g/mol. The number of carbonyl (C=O) groups is 1. The molecular formula is C21H16ClF3N2O5S. The highest BCUT2D eigenvalue weighted by Crippen LogP contribution is 2.40. The molecule has 3 rings (SSSR count). The topological polar surface area (TPSA) is 108 Å². The molecule has 12 heteroatoms. The molecule has 0 aromatic heterocycles. The molecular weight excluding hydrogens is 485 g/mol. The molecule has 0 bridgehead atoms. The largest absolute Gasteiger partial charge is 0.491 e. The highest BCUT2D eigenvalue weighted by atomic mass is 35.5. The summed E-state index contributed by atoms with van der Waals surface area (Å²) in [6, 6.07) is 11.8. The van der Waals surface area contributed by atoms with E-state index in [0.717, 1.165) is 18.2 Å². The summed E-state index contributed by atoms with van der Waals surface area (Å²) >= 11 is 6.04. The summed E-state index contributed by atoms with van der Waals surface area (Å²) in [4.78, 5) is 12.6.